The number of aryl methyl sites for hydroxylation is 2. The van der Waals surface area contributed by atoms with Gasteiger partial charge in [-0.25, -0.2) is 0 Å². The Morgan fingerprint density at radius 3 is 2.74 bits per heavy atom. The fraction of sp³-hybridized carbons (Fsp3) is 0.625. The minimum Gasteiger partial charge on any atom is -0.391 e. The third-order valence-corrected chi connectivity index (χ3v) is 4.28. The maximum Gasteiger partial charge on any atom is 0.0748 e. The summed E-state index contributed by atoms with van der Waals surface area (Å²) in [6.45, 7) is 7.30. The van der Waals surface area contributed by atoms with Gasteiger partial charge in [0.2, 0.25) is 0 Å². The summed E-state index contributed by atoms with van der Waals surface area (Å²) in [5.74, 6) is 0. The lowest BCUT2D eigenvalue weighted by Crippen LogP contribution is -2.55. The highest BCUT2D eigenvalue weighted by Crippen LogP contribution is 2.17. The Morgan fingerprint density at radius 2 is 2.00 bits per heavy atom. The third-order valence-electron chi connectivity index (χ3n) is 4.28. The molecule has 3 nitrogen and oxygen atoms in total. The Bertz CT molecular complexity index is 433. The third kappa shape index (κ3) is 3.56. The molecule has 0 bridgehead atoms. The van der Waals surface area contributed by atoms with Gasteiger partial charge in [0.15, 0.2) is 0 Å². The Hall–Kier alpha value is -0.900. The summed E-state index contributed by atoms with van der Waals surface area (Å²) >= 11 is 0. The van der Waals surface area contributed by atoms with Crippen molar-refractivity contribution in [1.29, 1.82) is 0 Å². The summed E-state index contributed by atoms with van der Waals surface area (Å²) in [7, 11) is 4.24. The summed E-state index contributed by atoms with van der Waals surface area (Å²) in [6, 6.07) is 6.71. The molecule has 1 aromatic carbocycles. The summed E-state index contributed by atoms with van der Waals surface area (Å²) in [5.41, 5.74) is 3.81. The molecule has 1 saturated heterocycles. The molecule has 1 aromatic rings. The van der Waals surface area contributed by atoms with Crippen molar-refractivity contribution in [1.82, 2.24) is 9.80 Å². The molecule has 19 heavy (non-hydrogen) atoms. The molecule has 0 spiro atoms. The second kappa shape index (κ2) is 6.04. The van der Waals surface area contributed by atoms with Crippen molar-refractivity contribution in [2.24, 2.45) is 0 Å². The van der Waals surface area contributed by atoms with E-state index in [9.17, 15) is 5.11 Å². The van der Waals surface area contributed by atoms with E-state index in [4.69, 9.17) is 0 Å². The molecule has 1 heterocycles. The summed E-state index contributed by atoms with van der Waals surface area (Å²) in [4.78, 5) is 4.59. The Morgan fingerprint density at radius 1 is 1.26 bits per heavy atom. The van der Waals surface area contributed by atoms with Crippen molar-refractivity contribution in [3.8, 4) is 0 Å². The van der Waals surface area contributed by atoms with Crippen molar-refractivity contribution in [3.63, 3.8) is 0 Å². The number of aliphatic hydroxyl groups excluding tert-OH is 1. The first-order valence-corrected chi connectivity index (χ1v) is 7.10. The minimum absolute atomic E-state index is 0.235. The molecule has 2 rings (SSSR count). The molecule has 2 atom stereocenters. The van der Waals surface area contributed by atoms with E-state index in [0.29, 0.717) is 0 Å². The van der Waals surface area contributed by atoms with Crippen LogP contribution < -0.4 is 0 Å². The van der Waals surface area contributed by atoms with Gasteiger partial charge in [-0.05, 0) is 39.1 Å². The maximum absolute atomic E-state index is 10.6. The lowest BCUT2D eigenvalue weighted by molar-refractivity contribution is 0.0152. The molecule has 2 unspecified atom stereocenters. The predicted octanol–water partition coefficient (Wildman–Crippen LogP) is 1.45. The molecular formula is C16H26N2O. The Labute approximate surface area is 116 Å². The van der Waals surface area contributed by atoms with Gasteiger partial charge in [0.25, 0.3) is 0 Å². The van der Waals surface area contributed by atoms with Crippen LogP contribution in [0, 0.1) is 13.8 Å². The van der Waals surface area contributed by atoms with Gasteiger partial charge in [-0.15, -0.1) is 0 Å². The standard InChI is InChI=1S/C16H26N2O/c1-12-5-6-13(2)14(9-12)10-16(19)15-11-17(3)7-8-18(15)4/h5-6,9,15-16,19H,7-8,10-11H2,1-4H3. The summed E-state index contributed by atoms with van der Waals surface area (Å²) in [6.07, 6.45) is 0.448. The number of aliphatic hydroxyl groups is 1. The number of likely N-dealkylation sites (N-methyl/N-ethyl adjacent to an activating group) is 2. The molecule has 0 amide bonds. The van der Waals surface area contributed by atoms with Crippen LogP contribution in [0.25, 0.3) is 0 Å². The summed E-state index contributed by atoms with van der Waals surface area (Å²) < 4.78 is 0. The van der Waals surface area contributed by atoms with Crippen LogP contribution in [0.3, 0.4) is 0 Å². The van der Waals surface area contributed by atoms with Crippen molar-refractivity contribution in [2.75, 3.05) is 33.7 Å². The fourth-order valence-electron chi connectivity index (χ4n) is 2.84. The zero-order chi connectivity index (χ0) is 14.0. The van der Waals surface area contributed by atoms with E-state index in [0.717, 1.165) is 26.1 Å². The Balaban J connectivity index is 2.07. The zero-order valence-electron chi connectivity index (χ0n) is 12.6. The van der Waals surface area contributed by atoms with E-state index in [1.165, 1.54) is 16.7 Å². The van der Waals surface area contributed by atoms with Gasteiger partial charge in [-0.1, -0.05) is 23.8 Å². The zero-order valence-corrected chi connectivity index (χ0v) is 12.6. The van der Waals surface area contributed by atoms with E-state index in [-0.39, 0.29) is 12.1 Å². The molecule has 1 fully saturated rings. The topological polar surface area (TPSA) is 26.7 Å². The van der Waals surface area contributed by atoms with Gasteiger partial charge in [0.05, 0.1) is 6.10 Å². The largest absolute Gasteiger partial charge is 0.391 e. The molecule has 1 aliphatic rings. The fourth-order valence-corrected chi connectivity index (χ4v) is 2.84. The van der Waals surface area contributed by atoms with E-state index in [1.54, 1.807) is 0 Å². The minimum atomic E-state index is -0.298. The van der Waals surface area contributed by atoms with Crippen LogP contribution in [0.5, 0.6) is 0 Å². The highest BCUT2D eigenvalue weighted by molar-refractivity contribution is 5.31. The normalized spacial score (nSPS) is 23.5. The second-order valence-corrected chi connectivity index (χ2v) is 6.01. The van der Waals surface area contributed by atoms with E-state index in [1.807, 2.05) is 0 Å². The number of hydrogen-bond donors (Lipinski definition) is 1. The highest BCUT2D eigenvalue weighted by Gasteiger charge is 2.28. The predicted molar refractivity (Wildman–Crippen MR) is 79.5 cm³/mol. The average molecular weight is 262 g/mol. The van der Waals surface area contributed by atoms with Gasteiger partial charge in [-0.2, -0.15) is 0 Å². The molecule has 0 aromatic heterocycles. The molecule has 1 N–H and O–H groups in total. The second-order valence-electron chi connectivity index (χ2n) is 6.01. The molecule has 1 aliphatic heterocycles. The molecule has 0 radical (unpaired) electrons. The van der Waals surface area contributed by atoms with Crippen LogP contribution in [-0.2, 0) is 6.42 Å². The van der Waals surface area contributed by atoms with Crippen LogP contribution in [0.1, 0.15) is 16.7 Å². The van der Waals surface area contributed by atoms with Crippen LogP contribution in [-0.4, -0.2) is 60.8 Å². The van der Waals surface area contributed by atoms with Crippen LogP contribution >= 0.6 is 0 Å². The number of benzene rings is 1. The lowest BCUT2D eigenvalue weighted by Gasteiger charge is -2.40. The van der Waals surface area contributed by atoms with Crippen LogP contribution in [0.15, 0.2) is 18.2 Å². The molecule has 0 aliphatic carbocycles. The van der Waals surface area contributed by atoms with E-state index in [2.05, 4.69) is 55.9 Å². The number of rotatable bonds is 3. The lowest BCUT2D eigenvalue weighted by atomic mass is 9.95. The first-order valence-electron chi connectivity index (χ1n) is 7.10. The first-order chi connectivity index (χ1) is 8.97. The SMILES string of the molecule is Cc1ccc(C)c(CC(O)C2CN(C)CCN2C)c1. The van der Waals surface area contributed by atoms with Gasteiger partial charge in [0, 0.05) is 32.1 Å². The molecule has 106 valence electrons. The quantitative estimate of drug-likeness (QED) is 0.893. The van der Waals surface area contributed by atoms with E-state index < -0.39 is 0 Å². The molecule has 0 saturated carbocycles. The van der Waals surface area contributed by atoms with E-state index >= 15 is 0 Å². The highest BCUT2D eigenvalue weighted by atomic mass is 16.3. The van der Waals surface area contributed by atoms with Gasteiger partial charge in [-0.3, -0.25) is 4.90 Å². The average Bonchev–Trinajstić information content (AvgIpc) is 2.36. The number of hydrogen-bond acceptors (Lipinski definition) is 3. The van der Waals surface area contributed by atoms with Crippen molar-refractivity contribution >= 4 is 0 Å². The molecule has 3 heteroatoms. The number of piperazine rings is 1. The van der Waals surface area contributed by atoms with Crippen molar-refractivity contribution in [3.05, 3.63) is 34.9 Å². The Kier molecular flexibility index (Phi) is 4.61. The van der Waals surface area contributed by atoms with Gasteiger partial charge < -0.3 is 10.0 Å². The summed E-state index contributed by atoms with van der Waals surface area (Å²) in [5, 5.41) is 10.6. The smallest absolute Gasteiger partial charge is 0.0748 e. The van der Waals surface area contributed by atoms with Crippen LogP contribution in [0.4, 0.5) is 0 Å². The first kappa shape index (κ1) is 14.5. The van der Waals surface area contributed by atoms with Crippen molar-refractivity contribution < 1.29 is 5.11 Å². The monoisotopic (exact) mass is 262 g/mol. The van der Waals surface area contributed by atoms with Gasteiger partial charge in [0.1, 0.15) is 0 Å². The van der Waals surface area contributed by atoms with Crippen molar-refractivity contribution in [2.45, 2.75) is 32.4 Å². The number of nitrogens with zero attached hydrogens (tertiary/aromatic N) is 2. The maximum atomic E-state index is 10.6. The molecular weight excluding hydrogens is 236 g/mol. The van der Waals surface area contributed by atoms with Gasteiger partial charge >= 0.3 is 0 Å². The van der Waals surface area contributed by atoms with Crippen LogP contribution in [0.2, 0.25) is 0 Å².